The lowest BCUT2D eigenvalue weighted by molar-refractivity contribution is 1.18. The molecule has 32 heavy (non-hydrogen) atoms. The molecule has 0 saturated carbocycles. The minimum Gasteiger partial charge on any atom is -0.363 e. The summed E-state index contributed by atoms with van der Waals surface area (Å²) in [5.41, 5.74) is 0. The highest BCUT2D eigenvalue weighted by molar-refractivity contribution is 7.09. The van der Waals surface area contributed by atoms with Crippen molar-refractivity contribution < 1.29 is 0 Å². The third-order valence-electron chi connectivity index (χ3n) is 5.54. The quantitative estimate of drug-likeness (QED) is 0.468. The maximum absolute atomic E-state index is 3.69. The molecule has 4 heteroatoms. The Morgan fingerprint density at radius 1 is 0.344 bits per heavy atom. The molecule has 2 N–H and O–H groups in total. The van der Waals surface area contributed by atoms with Crippen molar-refractivity contribution in [3.63, 3.8) is 0 Å². The van der Waals surface area contributed by atoms with Crippen LogP contribution < -0.4 is 31.4 Å². The zero-order chi connectivity index (χ0) is 21.6. The third-order valence-corrected chi connectivity index (χ3v) is 11.2. The third kappa shape index (κ3) is 4.24. The van der Waals surface area contributed by atoms with Gasteiger partial charge >= 0.3 is 0 Å². The molecule has 0 spiro atoms. The second kappa shape index (κ2) is 9.68. The highest BCUT2D eigenvalue weighted by atomic mass is 28.2. The minimum atomic E-state index is -1.23. The predicted octanol–water partition coefficient (Wildman–Crippen LogP) is 1.69. The SMILES string of the molecule is C1=CNC(=[Si](c2ccccc2)c2ccccc2)C(=[Si](c2ccccc2)c2ccccc2)N1. The Kier molecular flexibility index (Phi) is 6.14. The van der Waals surface area contributed by atoms with Crippen LogP contribution in [-0.2, 0) is 0 Å². The van der Waals surface area contributed by atoms with Gasteiger partial charge in [-0.3, -0.25) is 0 Å². The molecule has 4 aromatic rings. The van der Waals surface area contributed by atoms with Crippen molar-refractivity contribution in [3.8, 4) is 0 Å². The van der Waals surface area contributed by atoms with Gasteiger partial charge in [0, 0.05) is 23.0 Å². The van der Waals surface area contributed by atoms with Crippen LogP contribution in [0.4, 0.5) is 0 Å². The molecule has 1 aliphatic heterocycles. The van der Waals surface area contributed by atoms with Crippen LogP contribution in [-0.4, -0.2) is 27.4 Å². The van der Waals surface area contributed by atoms with E-state index in [1.165, 1.54) is 31.3 Å². The molecule has 2 nitrogen and oxygen atoms in total. The monoisotopic (exact) mass is 444 g/mol. The van der Waals surface area contributed by atoms with Gasteiger partial charge in [-0.25, -0.2) is 0 Å². The fourth-order valence-electron chi connectivity index (χ4n) is 4.12. The predicted molar refractivity (Wildman–Crippen MR) is 141 cm³/mol. The fourth-order valence-corrected chi connectivity index (χ4v) is 9.89. The molecule has 5 rings (SSSR count). The molecule has 0 bridgehead atoms. The van der Waals surface area contributed by atoms with Gasteiger partial charge in [-0.1, -0.05) is 121 Å². The summed E-state index contributed by atoms with van der Waals surface area (Å²) < 4.78 is 0. The smallest absolute Gasteiger partial charge is 0.111 e. The topological polar surface area (TPSA) is 24.1 Å². The van der Waals surface area contributed by atoms with Crippen molar-refractivity contribution in [2.45, 2.75) is 0 Å². The van der Waals surface area contributed by atoms with Gasteiger partial charge in [0.05, 0.1) is 0 Å². The minimum absolute atomic E-state index is 1.23. The van der Waals surface area contributed by atoms with Crippen molar-refractivity contribution in [2.24, 2.45) is 0 Å². The van der Waals surface area contributed by atoms with Gasteiger partial charge < -0.3 is 10.6 Å². The van der Waals surface area contributed by atoms with Crippen LogP contribution in [0.2, 0.25) is 0 Å². The molecule has 154 valence electrons. The Bertz CT molecular complexity index is 1090. The van der Waals surface area contributed by atoms with Crippen molar-refractivity contribution in [2.75, 3.05) is 0 Å². The van der Waals surface area contributed by atoms with Gasteiger partial charge in [-0.05, 0) is 20.7 Å². The first kappa shape index (κ1) is 20.3. The van der Waals surface area contributed by atoms with Gasteiger partial charge in [0.15, 0.2) is 0 Å². The number of hydrogen-bond acceptors (Lipinski definition) is 2. The highest BCUT2D eigenvalue weighted by Gasteiger charge is 2.22. The number of benzene rings is 4. The van der Waals surface area contributed by atoms with E-state index in [-0.39, 0.29) is 0 Å². The molecule has 0 unspecified atom stereocenters. The van der Waals surface area contributed by atoms with Crippen molar-refractivity contribution in [3.05, 3.63) is 134 Å². The Hall–Kier alpha value is -3.61. The van der Waals surface area contributed by atoms with Crippen LogP contribution in [0.3, 0.4) is 0 Å². The molecule has 0 radical (unpaired) electrons. The average Bonchev–Trinajstić information content (AvgIpc) is 2.88. The van der Waals surface area contributed by atoms with E-state index in [0.29, 0.717) is 0 Å². The largest absolute Gasteiger partial charge is 0.363 e. The summed E-state index contributed by atoms with van der Waals surface area (Å²) in [5.74, 6) is 0. The van der Waals surface area contributed by atoms with Gasteiger partial charge in [0.25, 0.3) is 0 Å². The molecule has 0 aromatic heterocycles. The van der Waals surface area contributed by atoms with Crippen LogP contribution >= 0.6 is 0 Å². The molecule has 0 fully saturated rings. The normalized spacial score (nSPS) is 12.6. The van der Waals surface area contributed by atoms with Gasteiger partial charge in [0.2, 0.25) is 0 Å². The first-order chi connectivity index (χ1) is 15.9. The van der Waals surface area contributed by atoms with E-state index in [1.54, 1.807) is 0 Å². The lowest BCUT2D eigenvalue weighted by atomic mass is 10.4. The van der Waals surface area contributed by atoms with Crippen molar-refractivity contribution in [1.82, 2.24) is 10.6 Å². The molecule has 4 aromatic carbocycles. The second-order valence-corrected chi connectivity index (χ2v) is 12.4. The van der Waals surface area contributed by atoms with Crippen LogP contribution in [0.15, 0.2) is 134 Å². The summed E-state index contributed by atoms with van der Waals surface area (Å²) in [6.07, 6.45) is 4.07. The summed E-state index contributed by atoms with van der Waals surface area (Å²) in [5, 5.41) is 15.5. The summed E-state index contributed by atoms with van der Waals surface area (Å²) >= 11 is 0. The summed E-state index contributed by atoms with van der Waals surface area (Å²) in [4.78, 5) is 0. The van der Waals surface area contributed by atoms with E-state index in [0.717, 1.165) is 0 Å². The van der Waals surface area contributed by atoms with E-state index in [9.17, 15) is 0 Å². The Morgan fingerprint density at radius 2 is 0.594 bits per heavy atom. The van der Waals surface area contributed by atoms with Gasteiger partial charge in [0.1, 0.15) is 16.8 Å². The fraction of sp³-hybridized carbons (Fsp3) is 0. The number of nitrogens with one attached hydrogen (secondary N) is 2. The van der Waals surface area contributed by atoms with Gasteiger partial charge in [-0.15, -0.1) is 0 Å². The first-order valence-electron chi connectivity index (χ1n) is 10.8. The number of rotatable bonds is 4. The molecule has 1 heterocycles. The molecular formula is C28H24N2Si2. The lowest BCUT2D eigenvalue weighted by Gasteiger charge is -2.25. The average molecular weight is 445 g/mol. The Balaban J connectivity index is 1.86. The summed E-state index contributed by atoms with van der Waals surface area (Å²) in [6.45, 7) is 0. The molecular weight excluding hydrogens is 420 g/mol. The van der Waals surface area contributed by atoms with E-state index < -0.39 is 16.8 Å². The van der Waals surface area contributed by atoms with Crippen molar-refractivity contribution >= 4 is 48.2 Å². The van der Waals surface area contributed by atoms with Crippen molar-refractivity contribution in [1.29, 1.82) is 0 Å². The van der Waals surface area contributed by atoms with E-state index in [1.807, 2.05) is 12.4 Å². The summed E-state index contributed by atoms with van der Waals surface area (Å²) in [7, 11) is -2.45. The van der Waals surface area contributed by atoms with Gasteiger partial charge in [-0.2, -0.15) is 0 Å². The van der Waals surface area contributed by atoms with E-state index in [4.69, 9.17) is 0 Å². The Labute approximate surface area is 192 Å². The molecule has 0 aliphatic carbocycles. The molecule has 1 aliphatic rings. The maximum Gasteiger partial charge on any atom is 0.111 e. The van der Waals surface area contributed by atoms with Crippen LogP contribution in [0.5, 0.6) is 0 Å². The van der Waals surface area contributed by atoms with Crippen LogP contribution in [0, 0.1) is 0 Å². The standard InChI is InChI=1S/C28H24N2Si2/c1-5-13-23(14-6-1)31(24-15-7-2-8-16-24)27-28(30-22-21-29-27)32(25-17-9-3-10-18-25)26-19-11-4-12-20-26/h1-22,29-30H. The zero-order valence-electron chi connectivity index (χ0n) is 17.7. The zero-order valence-corrected chi connectivity index (χ0v) is 19.7. The van der Waals surface area contributed by atoms with E-state index in [2.05, 4.69) is 132 Å². The number of hydrogen-bond donors (Lipinski definition) is 2. The first-order valence-corrected chi connectivity index (χ1v) is 13.8. The molecule has 0 atom stereocenters. The lowest BCUT2D eigenvalue weighted by Crippen LogP contribution is -2.58. The second-order valence-electron chi connectivity index (χ2n) is 7.59. The molecule has 0 amide bonds. The maximum atomic E-state index is 3.69. The Morgan fingerprint density at radius 3 is 0.844 bits per heavy atom. The van der Waals surface area contributed by atoms with Crippen LogP contribution in [0.25, 0.3) is 0 Å². The summed E-state index contributed by atoms with van der Waals surface area (Å²) in [6, 6.07) is 43.7. The molecule has 0 saturated heterocycles. The van der Waals surface area contributed by atoms with Crippen LogP contribution in [0.1, 0.15) is 0 Å². The highest BCUT2D eigenvalue weighted by Crippen LogP contribution is 1.96. The van der Waals surface area contributed by atoms with E-state index >= 15 is 0 Å².